The molecule has 3 nitrogen and oxygen atoms in total. The average molecular weight is 218 g/mol. The lowest BCUT2D eigenvalue weighted by Crippen LogP contribution is -2.09. The number of amides is 1. The van der Waals surface area contributed by atoms with Crippen LogP contribution in [0.1, 0.15) is 29.3 Å². The van der Waals surface area contributed by atoms with E-state index in [1.54, 1.807) is 4.90 Å². The molecule has 0 saturated carbocycles. The molecule has 3 heteroatoms. The Kier molecular flexibility index (Phi) is 4.70. The summed E-state index contributed by atoms with van der Waals surface area (Å²) in [7, 11) is 3.67. The number of hydrogen-bond donors (Lipinski definition) is 0. The second kappa shape index (κ2) is 6.05. The summed E-state index contributed by atoms with van der Waals surface area (Å²) in [5.74, 6) is -0.197. The smallest absolute Gasteiger partial charge is 0.278 e. The Morgan fingerprint density at radius 3 is 2.44 bits per heavy atom. The van der Waals surface area contributed by atoms with Crippen LogP contribution in [0.15, 0.2) is 29.3 Å². The van der Waals surface area contributed by atoms with Gasteiger partial charge in [-0.1, -0.05) is 25.5 Å². The Labute approximate surface area is 96.8 Å². The molecule has 0 saturated heterocycles. The largest absolute Gasteiger partial charge is 0.369 e. The van der Waals surface area contributed by atoms with Crippen molar-refractivity contribution in [3.63, 3.8) is 0 Å². The Bertz CT molecular complexity index is 366. The lowest BCUT2D eigenvalue weighted by Gasteiger charge is -2.02. The van der Waals surface area contributed by atoms with E-state index in [1.807, 2.05) is 38.4 Å². The molecule has 0 aliphatic rings. The van der Waals surface area contributed by atoms with Crippen molar-refractivity contribution < 1.29 is 4.79 Å². The quantitative estimate of drug-likeness (QED) is 0.574. The molecule has 0 aromatic heterocycles. The Morgan fingerprint density at radius 1 is 1.31 bits per heavy atom. The number of hydrogen-bond acceptors (Lipinski definition) is 1. The zero-order valence-corrected chi connectivity index (χ0v) is 10.1. The highest BCUT2D eigenvalue weighted by molar-refractivity contribution is 5.98. The molecular weight excluding hydrogens is 200 g/mol. The number of carbonyl (C=O) groups is 1. The van der Waals surface area contributed by atoms with E-state index < -0.39 is 0 Å². The van der Waals surface area contributed by atoms with Gasteiger partial charge in [-0.05, 0) is 24.1 Å². The lowest BCUT2D eigenvalue weighted by molar-refractivity contribution is 0.100. The second-order valence-electron chi connectivity index (χ2n) is 3.96. The zero-order chi connectivity index (χ0) is 12.0. The Morgan fingerprint density at radius 2 is 1.94 bits per heavy atom. The minimum absolute atomic E-state index is 0.197. The SMILES string of the molecule is CCCc1ccc(C(=O)N=CN(C)C)cc1. The number of aryl methyl sites for hydroxylation is 1. The summed E-state index contributed by atoms with van der Waals surface area (Å²) in [5.41, 5.74) is 1.90. The molecule has 0 radical (unpaired) electrons. The molecule has 0 unspecified atom stereocenters. The van der Waals surface area contributed by atoms with E-state index in [1.165, 1.54) is 11.9 Å². The minimum Gasteiger partial charge on any atom is -0.369 e. The van der Waals surface area contributed by atoms with Crippen molar-refractivity contribution in [3.05, 3.63) is 35.4 Å². The monoisotopic (exact) mass is 218 g/mol. The number of carbonyl (C=O) groups excluding carboxylic acids is 1. The van der Waals surface area contributed by atoms with E-state index in [0.29, 0.717) is 5.56 Å². The first-order valence-electron chi connectivity index (χ1n) is 5.47. The molecule has 0 bridgehead atoms. The first-order chi connectivity index (χ1) is 7.63. The van der Waals surface area contributed by atoms with Crippen LogP contribution in [-0.2, 0) is 6.42 Å². The van der Waals surface area contributed by atoms with Crippen molar-refractivity contribution in [1.29, 1.82) is 0 Å². The van der Waals surface area contributed by atoms with E-state index in [0.717, 1.165) is 12.8 Å². The van der Waals surface area contributed by atoms with Crippen molar-refractivity contribution in [2.45, 2.75) is 19.8 Å². The van der Waals surface area contributed by atoms with Gasteiger partial charge in [-0.25, -0.2) is 0 Å². The van der Waals surface area contributed by atoms with Gasteiger partial charge < -0.3 is 4.90 Å². The van der Waals surface area contributed by atoms with Crippen LogP contribution in [0.2, 0.25) is 0 Å². The van der Waals surface area contributed by atoms with Gasteiger partial charge >= 0.3 is 0 Å². The van der Waals surface area contributed by atoms with Crippen LogP contribution >= 0.6 is 0 Å². The normalized spacial score (nSPS) is 10.7. The summed E-state index contributed by atoms with van der Waals surface area (Å²) in [4.78, 5) is 17.2. The van der Waals surface area contributed by atoms with Crippen LogP contribution in [-0.4, -0.2) is 31.2 Å². The van der Waals surface area contributed by atoms with Gasteiger partial charge in [-0.2, -0.15) is 4.99 Å². The van der Waals surface area contributed by atoms with Crippen molar-refractivity contribution in [1.82, 2.24) is 4.90 Å². The fourth-order valence-corrected chi connectivity index (χ4v) is 1.35. The lowest BCUT2D eigenvalue weighted by atomic mass is 10.1. The number of benzene rings is 1. The highest BCUT2D eigenvalue weighted by Crippen LogP contribution is 2.07. The van der Waals surface area contributed by atoms with Gasteiger partial charge in [0.2, 0.25) is 0 Å². The maximum atomic E-state index is 11.6. The Balaban J connectivity index is 2.70. The third-order valence-electron chi connectivity index (χ3n) is 2.15. The molecule has 0 heterocycles. The summed E-state index contributed by atoms with van der Waals surface area (Å²) < 4.78 is 0. The molecular formula is C13H18N2O. The van der Waals surface area contributed by atoms with E-state index in [2.05, 4.69) is 11.9 Å². The van der Waals surface area contributed by atoms with Crippen LogP contribution in [0.5, 0.6) is 0 Å². The van der Waals surface area contributed by atoms with Crippen molar-refractivity contribution in [2.75, 3.05) is 14.1 Å². The first kappa shape index (κ1) is 12.4. The topological polar surface area (TPSA) is 32.7 Å². The highest BCUT2D eigenvalue weighted by Gasteiger charge is 2.02. The predicted octanol–water partition coefficient (Wildman–Crippen LogP) is 2.37. The summed E-state index contributed by atoms with van der Waals surface area (Å²) in [6.07, 6.45) is 3.68. The maximum absolute atomic E-state index is 11.6. The summed E-state index contributed by atoms with van der Waals surface area (Å²) in [5, 5.41) is 0. The van der Waals surface area contributed by atoms with Crippen molar-refractivity contribution in [2.24, 2.45) is 4.99 Å². The third-order valence-corrected chi connectivity index (χ3v) is 2.15. The summed E-state index contributed by atoms with van der Waals surface area (Å²) >= 11 is 0. The summed E-state index contributed by atoms with van der Waals surface area (Å²) in [6, 6.07) is 7.64. The fourth-order valence-electron chi connectivity index (χ4n) is 1.35. The van der Waals surface area contributed by atoms with Gasteiger partial charge in [0.1, 0.15) is 0 Å². The fraction of sp³-hybridized carbons (Fsp3) is 0.385. The predicted molar refractivity (Wildman–Crippen MR) is 66.9 cm³/mol. The van der Waals surface area contributed by atoms with Gasteiger partial charge in [-0.3, -0.25) is 4.79 Å². The Hall–Kier alpha value is -1.64. The van der Waals surface area contributed by atoms with Crippen LogP contribution in [0.4, 0.5) is 0 Å². The molecule has 86 valence electrons. The molecule has 0 atom stereocenters. The van der Waals surface area contributed by atoms with Gasteiger partial charge in [0.15, 0.2) is 0 Å². The van der Waals surface area contributed by atoms with Crippen molar-refractivity contribution >= 4 is 12.2 Å². The number of aliphatic imine (C=N–C) groups is 1. The first-order valence-corrected chi connectivity index (χ1v) is 5.47. The van der Waals surface area contributed by atoms with Gasteiger partial charge in [0.25, 0.3) is 5.91 Å². The number of rotatable bonds is 4. The van der Waals surface area contributed by atoms with Crippen molar-refractivity contribution in [3.8, 4) is 0 Å². The van der Waals surface area contributed by atoms with Crippen LogP contribution in [0.3, 0.4) is 0 Å². The van der Waals surface area contributed by atoms with Gasteiger partial charge in [0, 0.05) is 19.7 Å². The van der Waals surface area contributed by atoms with E-state index in [-0.39, 0.29) is 5.91 Å². The minimum atomic E-state index is -0.197. The molecule has 1 aromatic rings. The van der Waals surface area contributed by atoms with E-state index in [9.17, 15) is 4.79 Å². The average Bonchev–Trinajstić information content (AvgIpc) is 2.27. The van der Waals surface area contributed by atoms with E-state index in [4.69, 9.17) is 0 Å². The second-order valence-corrected chi connectivity index (χ2v) is 3.96. The van der Waals surface area contributed by atoms with Gasteiger partial charge in [0.05, 0.1) is 6.34 Å². The standard InChI is InChI=1S/C13H18N2O/c1-4-5-11-6-8-12(9-7-11)13(16)14-10-15(2)3/h6-10H,4-5H2,1-3H3. The van der Waals surface area contributed by atoms with Gasteiger partial charge in [-0.15, -0.1) is 0 Å². The molecule has 16 heavy (non-hydrogen) atoms. The molecule has 0 aliphatic carbocycles. The molecule has 0 spiro atoms. The highest BCUT2D eigenvalue weighted by atomic mass is 16.1. The third kappa shape index (κ3) is 3.85. The van der Waals surface area contributed by atoms with Crippen LogP contribution in [0.25, 0.3) is 0 Å². The molecule has 0 N–H and O–H groups in total. The molecule has 0 aliphatic heterocycles. The maximum Gasteiger partial charge on any atom is 0.278 e. The molecule has 0 fully saturated rings. The zero-order valence-electron chi connectivity index (χ0n) is 10.1. The van der Waals surface area contributed by atoms with Crippen LogP contribution in [0, 0.1) is 0 Å². The number of nitrogens with zero attached hydrogens (tertiary/aromatic N) is 2. The molecule has 1 rings (SSSR count). The van der Waals surface area contributed by atoms with E-state index >= 15 is 0 Å². The van der Waals surface area contributed by atoms with Crippen LogP contribution < -0.4 is 0 Å². The summed E-state index contributed by atoms with van der Waals surface area (Å²) in [6.45, 7) is 2.14. The molecule has 1 amide bonds. The molecule has 1 aromatic carbocycles.